The molecule has 0 spiro atoms. The minimum Gasteiger partial charge on any atom is -0.465 e. The first-order valence-electron chi connectivity index (χ1n) is 9.46. The Morgan fingerprint density at radius 3 is 2.29 bits per heavy atom. The number of piperazine rings is 1. The van der Waals surface area contributed by atoms with Gasteiger partial charge < -0.3 is 4.74 Å². The maximum atomic E-state index is 14.0. The third-order valence-electron chi connectivity index (χ3n) is 5.32. The fourth-order valence-corrected chi connectivity index (χ4v) is 3.89. The van der Waals surface area contributed by atoms with Crippen LogP contribution in [0.1, 0.15) is 35.3 Å². The number of methoxy groups -OCH3 is 1. The molecule has 1 aliphatic heterocycles. The van der Waals surface area contributed by atoms with Gasteiger partial charge in [0, 0.05) is 43.8 Å². The lowest BCUT2D eigenvalue weighted by Crippen LogP contribution is -2.55. The van der Waals surface area contributed by atoms with Crippen LogP contribution in [0.2, 0.25) is 0 Å². The van der Waals surface area contributed by atoms with Crippen LogP contribution in [0.3, 0.4) is 0 Å². The van der Waals surface area contributed by atoms with E-state index in [1.165, 1.54) is 19.2 Å². The second-order valence-electron chi connectivity index (χ2n) is 7.49. The zero-order chi connectivity index (χ0) is 20.3. The molecule has 1 aliphatic rings. The van der Waals surface area contributed by atoms with Crippen molar-refractivity contribution in [3.63, 3.8) is 0 Å². The molecular weight excluding hydrogens is 362 g/mol. The molecule has 0 N–H and O–H groups in total. The summed E-state index contributed by atoms with van der Waals surface area (Å²) in [5.74, 6) is -1.12. The molecule has 6 heteroatoms. The summed E-state index contributed by atoms with van der Waals surface area (Å²) in [4.78, 5) is 16.1. The van der Waals surface area contributed by atoms with Crippen LogP contribution < -0.4 is 0 Å². The van der Waals surface area contributed by atoms with Crippen LogP contribution in [-0.4, -0.2) is 48.1 Å². The summed E-state index contributed by atoms with van der Waals surface area (Å²) in [6.45, 7) is 7.06. The standard InChI is InChI=1S/C22H26F2N2O2/c1-15-11-25(13-17-4-6-18(7-5-17)22(27)28-3)12-16(2)26(15)14-19-10-20(23)8-9-21(19)24/h4-10,15-16H,11-14H2,1-3H3/t15-,16+. The van der Waals surface area contributed by atoms with E-state index in [9.17, 15) is 13.6 Å². The maximum absolute atomic E-state index is 14.0. The fourth-order valence-electron chi connectivity index (χ4n) is 3.89. The molecule has 1 heterocycles. The molecular formula is C22H26F2N2O2. The van der Waals surface area contributed by atoms with E-state index < -0.39 is 5.82 Å². The Morgan fingerprint density at radius 2 is 1.68 bits per heavy atom. The van der Waals surface area contributed by atoms with Crippen molar-refractivity contribution in [2.45, 2.75) is 39.0 Å². The van der Waals surface area contributed by atoms with Crippen molar-refractivity contribution >= 4 is 5.97 Å². The predicted molar refractivity (Wildman–Crippen MR) is 104 cm³/mol. The minimum atomic E-state index is -0.411. The number of rotatable bonds is 5. The zero-order valence-corrected chi connectivity index (χ0v) is 16.5. The molecule has 0 aliphatic carbocycles. The number of benzene rings is 2. The Morgan fingerprint density at radius 1 is 1.04 bits per heavy atom. The first-order chi connectivity index (χ1) is 13.4. The Bertz CT molecular complexity index is 814. The number of esters is 1. The van der Waals surface area contributed by atoms with Crippen molar-refractivity contribution in [1.82, 2.24) is 9.80 Å². The number of nitrogens with zero attached hydrogens (tertiary/aromatic N) is 2. The normalized spacial score (nSPS) is 20.9. The van der Waals surface area contributed by atoms with Crippen molar-refractivity contribution < 1.29 is 18.3 Å². The van der Waals surface area contributed by atoms with Gasteiger partial charge in [-0.2, -0.15) is 0 Å². The lowest BCUT2D eigenvalue weighted by molar-refractivity contribution is 0.0283. The van der Waals surface area contributed by atoms with E-state index in [1.807, 2.05) is 12.1 Å². The molecule has 1 saturated heterocycles. The van der Waals surface area contributed by atoms with Crippen LogP contribution in [-0.2, 0) is 17.8 Å². The second-order valence-corrected chi connectivity index (χ2v) is 7.49. The molecule has 2 aromatic rings. The van der Waals surface area contributed by atoms with Crippen LogP contribution in [0.5, 0.6) is 0 Å². The monoisotopic (exact) mass is 388 g/mol. The van der Waals surface area contributed by atoms with Gasteiger partial charge in [0.15, 0.2) is 0 Å². The summed E-state index contributed by atoms with van der Waals surface area (Å²) in [5, 5.41) is 0. The number of carbonyl (C=O) groups is 1. The molecule has 150 valence electrons. The third kappa shape index (κ3) is 4.75. The van der Waals surface area contributed by atoms with E-state index in [-0.39, 0.29) is 23.9 Å². The lowest BCUT2D eigenvalue weighted by Gasteiger charge is -2.44. The molecule has 3 rings (SSSR count). The maximum Gasteiger partial charge on any atom is 0.337 e. The van der Waals surface area contributed by atoms with Crippen LogP contribution in [0, 0.1) is 11.6 Å². The smallest absolute Gasteiger partial charge is 0.337 e. The Hall–Kier alpha value is -2.31. The fraction of sp³-hybridized carbons (Fsp3) is 0.409. The Kier molecular flexibility index (Phi) is 6.42. The van der Waals surface area contributed by atoms with E-state index >= 15 is 0 Å². The van der Waals surface area contributed by atoms with Gasteiger partial charge in [-0.05, 0) is 49.7 Å². The van der Waals surface area contributed by atoms with Gasteiger partial charge in [0.25, 0.3) is 0 Å². The van der Waals surface area contributed by atoms with Gasteiger partial charge in [-0.25, -0.2) is 13.6 Å². The third-order valence-corrected chi connectivity index (χ3v) is 5.32. The predicted octanol–water partition coefficient (Wildman–Crippen LogP) is 3.85. The van der Waals surface area contributed by atoms with Crippen LogP contribution in [0.4, 0.5) is 8.78 Å². The highest BCUT2D eigenvalue weighted by Gasteiger charge is 2.30. The van der Waals surface area contributed by atoms with Gasteiger partial charge in [-0.3, -0.25) is 9.80 Å². The van der Waals surface area contributed by atoms with E-state index in [0.29, 0.717) is 17.7 Å². The van der Waals surface area contributed by atoms with Crippen LogP contribution in [0.15, 0.2) is 42.5 Å². The van der Waals surface area contributed by atoms with Crippen molar-refractivity contribution in [2.24, 2.45) is 0 Å². The van der Waals surface area contributed by atoms with Crippen LogP contribution in [0.25, 0.3) is 0 Å². The van der Waals surface area contributed by atoms with Gasteiger partial charge in [0.2, 0.25) is 0 Å². The van der Waals surface area contributed by atoms with Crippen molar-refractivity contribution in [2.75, 3.05) is 20.2 Å². The topological polar surface area (TPSA) is 32.8 Å². The molecule has 0 radical (unpaired) electrons. The quantitative estimate of drug-likeness (QED) is 0.729. The molecule has 2 atom stereocenters. The molecule has 0 aromatic heterocycles. The number of hydrogen-bond donors (Lipinski definition) is 0. The van der Waals surface area contributed by atoms with Crippen molar-refractivity contribution in [3.8, 4) is 0 Å². The Labute approximate surface area is 164 Å². The number of carbonyl (C=O) groups excluding carboxylic acids is 1. The molecule has 0 amide bonds. The average molecular weight is 388 g/mol. The zero-order valence-electron chi connectivity index (χ0n) is 16.5. The molecule has 4 nitrogen and oxygen atoms in total. The molecule has 2 aromatic carbocycles. The molecule has 1 fully saturated rings. The molecule has 0 saturated carbocycles. The molecule has 0 unspecified atom stereocenters. The lowest BCUT2D eigenvalue weighted by atomic mass is 10.0. The van der Waals surface area contributed by atoms with Crippen LogP contribution >= 0.6 is 0 Å². The van der Waals surface area contributed by atoms with Gasteiger partial charge >= 0.3 is 5.97 Å². The summed E-state index contributed by atoms with van der Waals surface area (Å²) in [5.41, 5.74) is 2.05. The van der Waals surface area contributed by atoms with Crippen molar-refractivity contribution in [1.29, 1.82) is 0 Å². The first-order valence-corrected chi connectivity index (χ1v) is 9.46. The Balaban J connectivity index is 1.63. The SMILES string of the molecule is COC(=O)c1ccc(CN2C[C@@H](C)N(Cc3cc(F)ccc3F)[C@@H](C)C2)cc1. The average Bonchev–Trinajstić information content (AvgIpc) is 2.67. The highest BCUT2D eigenvalue weighted by atomic mass is 19.1. The van der Waals surface area contributed by atoms with E-state index in [4.69, 9.17) is 4.74 Å². The molecule has 28 heavy (non-hydrogen) atoms. The van der Waals surface area contributed by atoms with E-state index in [0.717, 1.165) is 31.3 Å². The second kappa shape index (κ2) is 8.80. The van der Waals surface area contributed by atoms with Gasteiger partial charge in [0.1, 0.15) is 11.6 Å². The number of ether oxygens (including phenoxy) is 1. The van der Waals surface area contributed by atoms with Crippen molar-refractivity contribution in [3.05, 3.63) is 70.8 Å². The van der Waals surface area contributed by atoms with E-state index in [2.05, 4.69) is 23.6 Å². The minimum absolute atomic E-state index is 0.209. The summed E-state index contributed by atoms with van der Waals surface area (Å²) >= 11 is 0. The van der Waals surface area contributed by atoms with Gasteiger partial charge in [-0.15, -0.1) is 0 Å². The molecule has 0 bridgehead atoms. The summed E-state index contributed by atoms with van der Waals surface area (Å²) in [7, 11) is 1.37. The number of hydrogen-bond acceptors (Lipinski definition) is 4. The number of halogens is 2. The van der Waals surface area contributed by atoms with Gasteiger partial charge in [0.05, 0.1) is 12.7 Å². The summed E-state index contributed by atoms with van der Waals surface area (Å²) in [6, 6.07) is 11.5. The summed E-state index contributed by atoms with van der Waals surface area (Å²) in [6.07, 6.45) is 0. The highest BCUT2D eigenvalue weighted by molar-refractivity contribution is 5.89. The van der Waals surface area contributed by atoms with E-state index in [1.54, 1.807) is 12.1 Å². The highest BCUT2D eigenvalue weighted by Crippen LogP contribution is 2.22. The van der Waals surface area contributed by atoms with Gasteiger partial charge in [-0.1, -0.05) is 12.1 Å². The summed E-state index contributed by atoms with van der Waals surface area (Å²) < 4.78 is 32.2. The largest absolute Gasteiger partial charge is 0.465 e. The first kappa shape index (κ1) is 20.4.